The van der Waals surface area contributed by atoms with E-state index in [9.17, 15) is 9.18 Å². The van der Waals surface area contributed by atoms with Crippen LogP contribution in [0.2, 0.25) is 0 Å². The molecule has 1 aromatic carbocycles. The summed E-state index contributed by atoms with van der Waals surface area (Å²) in [5.41, 5.74) is 0.362. The predicted octanol–water partition coefficient (Wildman–Crippen LogP) is 0.0180. The highest BCUT2D eigenvalue weighted by atomic mass is 19.1. The number of anilines is 1. The molecule has 1 aromatic rings. The number of hydrogen-bond donors (Lipinski definition) is 2. The molecule has 4 nitrogen and oxygen atoms in total. The molecule has 0 atom stereocenters. The lowest BCUT2D eigenvalue weighted by atomic mass is 9.94. The summed E-state index contributed by atoms with van der Waals surface area (Å²) < 4.78 is 12.7. The van der Waals surface area contributed by atoms with Gasteiger partial charge in [-0.25, -0.2) is 4.39 Å². The zero-order valence-electron chi connectivity index (χ0n) is 7.07. The van der Waals surface area contributed by atoms with Crippen molar-refractivity contribution in [1.29, 1.82) is 0 Å². The van der Waals surface area contributed by atoms with E-state index in [1.54, 1.807) is 0 Å². The summed E-state index contributed by atoms with van der Waals surface area (Å²) >= 11 is 0. The summed E-state index contributed by atoms with van der Waals surface area (Å²) in [6.07, 6.45) is 0.643. The quantitative estimate of drug-likeness (QED) is 0.300. The monoisotopic (exact) mass is 192 g/mol. The van der Waals surface area contributed by atoms with Crippen LogP contribution in [-0.4, -0.2) is 25.2 Å². The second-order valence-corrected chi connectivity index (χ2v) is 2.47. The summed E-state index contributed by atoms with van der Waals surface area (Å²) in [5.74, 6) is -1.21. The fourth-order valence-corrected chi connectivity index (χ4v) is 0.854. The van der Waals surface area contributed by atoms with E-state index in [2.05, 4.69) is 10.5 Å². The third-order valence-electron chi connectivity index (χ3n) is 1.45. The topological polar surface area (TPSA) is 61.7 Å². The van der Waals surface area contributed by atoms with E-state index >= 15 is 0 Å². The molecule has 0 aliphatic carbocycles. The van der Waals surface area contributed by atoms with E-state index in [0.29, 0.717) is 6.21 Å². The Kier molecular flexibility index (Phi) is 3.22. The fourth-order valence-electron chi connectivity index (χ4n) is 0.854. The molecule has 1 amide bonds. The maximum absolute atomic E-state index is 12.7. The highest BCUT2D eigenvalue weighted by molar-refractivity contribution is 6.39. The van der Waals surface area contributed by atoms with Crippen LogP contribution in [0.5, 0.6) is 0 Å². The second-order valence-electron chi connectivity index (χ2n) is 2.47. The highest BCUT2D eigenvalue weighted by Crippen LogP contribution is 2.05. The summed E-state index contributed by atoms with van der Waals surface area (Å²) in [6, 6.07) is 3.56. The van der Waals surface area contributed by atoms with Crippen molar-refractivity contribution in [2.45, 2.75) is 0 Å². The molecule has 2 radical (unpaired) electrons. The van der Waals surface area contributed by atoms with Gasteiger partial charge < -0.3 is 10.5 Å². The van der Waals surface area contributed by atoms with Crippen molar-refractivity contribution in [1.82, 2.24) is 0 Å². The third kappa shape index (κ3) is 2.58. The van der Waals surface area contributed by atoms with Crippen molar-refractivity contribution in [3.8, 4) is 0 Å². The number of nitrogens with one attached hydrogen (secondary N) is 1. The van der Waals surface area contributed by atoms with Crippen molar-refractivity contribution in [2.75, 3.05) is 5.32 Å². The second kappa shape index (κ2) is 4.41. The Morgan fingerprint density at radius 1 is 1.64 bits per heavy atom. The molecule has 14 heavy (non-hydrogen) atoms. The molecule has 0 aliphatic heterocycles. The Hall–Kier alpha value is -1.85. The van der Waals surface area contributed by atoms with Crippen molar-refractivity contribution >= 4 is 31.1 Å². The summed E-state index contributed by atoms with van der Waals surface area (Å²) in [5, 5.41) is 12.8. The van der Waals surface area contributed by atoms with Crippen LogP contribution in [0.4, 0.5) is 10.1 Å². The van der Waals surface area contributed by atoms with Crippen LogP contribution in [0.25, 0.3) is 0 Å². The van der Waals surface area contributed by atoms with E-state index in [0.717, 1.165) is 6.07 Å². The number of nitrogens with zero attached hydrogens (tertiary/aromatic N) is 1. The maximum Gasteiger partial charge on any atom is 0.270 e. The van der Waals surface area contributed by atoms with Gasteiger partial charge in [0.15, 0.2) is 0 Å². The van der Waals surface area contributed by atoms with Crippen molar-refractivity contribution in [3.63, 3.8) is 0 Å². The van der Waals surface area contributed by atoms with Crippen LogP contribution < -0.4 is 10.8 Å². The number of benzene rings is 1. The van der Waals surface area contributed by atoms with E-state index < -0.39 is 11.7 Å². The first-order chi connectivity index (χ1) is 6.63. The number of amides is 1. The number of oxime groups is 1. The van der Waals surface area contributed by atoms with Crippen LogP contribution in [0.15, 0.2) is 23.4 Å². The minimum atomic E-state index is -0.690. The lowest BCUT2D eigenvalue weighted by Crippen LogP contribution is -2.19. The Bertz CT molecular complexity index is 382. The van der Waals surface area contributed by atoms with Gasteiger partial charge in [-0.15, -0.1) is 0 Å². The number of carbonyl (C=O) groups excluding carboxylic acids is 1. The van der Waals surface area contributed by atoms with Gasteiger partial charge in [0.25, 0.3) is 5.91 Å². The lowest BCUT2D eigenvalue weighted by Gasteiger charge is -2.05. The van der Waals surface area contributed by atoms with Crippen LogP contribution >= 0.6 is 0 Å². The first-order valence-electron chi connectivity index (χ1n) is 3.67. The van der Waals surface area contributed by atoms with Gasteiger partial charge in [-0.05, 0) is 12.1 Å². The van der Waals surface area contributed by atoms with Crippen LogP contribution in [0.3, 0.4) is 0 Å². The normalized spacial score (nSPS) is 10.4. The first kappa shape index (κ1) is 10.2. The Morgan fingerprint density at radius 3 is 3.00 bits per heavy atom. The minimum absolute atomic E-state index is 0.134. The van der Waals surface area contributed by atoms with Crippen molar-refractivity contribution in [2.24, 2.45) is 5.16 Å². The molecule has 70 valence electrons. The van der Waals surface area contributed by atoms with Crippen LogP contribution in [0, 0.1) is 5.82 Å². The molecule has 0 saturated carbocycles. The van der Waals surface area contributed by atoms with E-state index in [-0.39, 0.29) is 11.2 Å². The molecule has 0 aromatic heterocycles. The van der Waals surface area contributed by atoms with Crippen LogP contribution in [-0.2, 0) is 4.79 Å². The van der Waals surface area contributed by atoms with Gasteiger partial charge in [-0.3, -0.25) is 4.79 Å². The Labute approximate surface area is 80.8 Å². The zero-order valence-corrected chi connectivity index (χ0v) is 7.07. The minimum Gasteiger partial charge on any atom is -0.411 e. The highest BCUT2D eigenvalue weighted by Gasteiger charge is 2.02. The average Bonchev–Trinajstić information content (AvgIpc) is 2.12. The molecule has 6 heteroatoms. The fraction of sp³-hybridized carbons (Fsp3) is 0. The maximum atomic E-state index is 12.7. The average molecular weight is 192 g/mol. The number of halogens is 1. The molecule has 0 bridgehead atoms. The standard InChI is InChI=1S/C8H6BFN2O2/c9-6-2-1-5(10)3-7(6)12-8(13)4-11-14/h1-4,14H,(H,12,13)/b11-4+. The van der Waals surface area contributed by atoms with Crippen molar-refractivity contribution < 1.29 is 14.4 Å². The van der Waals surface area contributed by atoms with Gasteiger partial charge >= 0.3 is 0 Å². The van der Waals surface area contributed by atoms with E-state index in [4.69, 9.17) is 13.1 Å². The van der Waals surface area contributed by atoms with Gasteiger partial charge in [0.2, 0.25) is 0 Å². The molecule has 2 N–H and O–H groups in total. The van der Waals surface area contributed by atoms with Gasteiger partial charge in [0.1, 0.15) is 19.9 Å². The molecule has 0 spiro atoms. The smallest absolute Gasteiger partial charge is 0.270 e. The lowest BCUT2D eigenvalue weighted by molar-refractivity contribution is -0.110. The van der Waals surface area contributed by atoms with Crippen LogP contribution in [0.1, 0.15) is 0 Å². The predicted molar refractivity (Wildman–Crippen MR) is 50.7 cm³/mol. The largest absolute Gasteiger partial charge is 0.411 e. The number of hydrogen-bond acceptors (Lipinski definition) is 3. The molecule has 0 fully saturated rings. The Balaban J connectivity index is 2.85. The Morgan fingerprint density at radius 2 is 2.36 bits per heavy atom. The molecule has 0 heterocycles. The molecule has 0 aliphatic rings. The van der Waals surface area contributed by atoms with E-state index in [1.165, 1.54) is 12.1 Å². The molecular formula is C8H6BFN2O2. The number of carbonyl (C=O) groups is 1. The summed E-state index contributed by atoms with van der Waals surface area (Å²) in [4.78, 5) is 10.9. The molecule has 0 unspecified atom stereocenters. The van der Waals surface area contributed by atoms with Crippen molar-refractivity contribution in [3.05, 3.63) is 24.0 Å². The molecule has 1 rings (SSSR count). The SMILES string of the molecule is [B]c1ccc(F)cc1NC(=O)/C=N/O. The van der Waals surface area contributed by atoms with Gasteiger partial charge in [-0.1, -0.05) is 16.7 Å². The summed E-state index contributed by atoms with van der Waals surface area (Å²) in [7, 11) is 5.45. The van der Waals surface area contributed by atoms with E-state index in [1.807, 2.05) is 0 Å². The molecular weight excluding hydrogens is 186 g/mol. The number of rotatable bonds is 2. The van der Waals surface area contributed by atoms with Gasteiger partial charge in [0.05, 0.1) is 0 Å². The van der Waals surface area contributed by atoms with Gasteiger partial charge in [0, 0.05) is 5.69 Å². The third-order valence-corrected chi connectivity index (χ3v) is 1.45. The van der Waals surface area contributed by atoms with Gasteiger partial charge in [-0.2, -0.15) is 0 Å². The first-order valence-corrected chi connectivity index (χ1v) is 3.67. The zero-order chi connectivity index (χ0) is 10.6. The summed E-state index contributed by atoms with van der Waals surface area (Å²) in [6.45, 7) is 0. The molecule has 0 saturated heterocycles.